The molecule has 0 aliphatic carbocycles. The van der Waals surface area contributed by atoms with E-state index in [4.69, 9.17) is 4.98 Å². The van der Waals surface area contributed by atoms with Gasteiger partial charge in [-0.25, -0.2) is 4.98 Å². The van der Waals surface area contributed by atoms with Gasteiger partial charge >= 0.3 is 0 Å². The molecule has 2 rings (SSSR count). The third-order valence-corrected chi connectivity index (χ3v) is 5.59. The van der Waals surface area contributed by atoms with Crippen LogP contribution < -0.4 is 10.2 Å². The van der Waals surface area contributed by atoms with E-state index in [1.807, 2.05) is 18.4 Å². The first-order valence-corrected chi connectivity index (χ1v) is 8.38. The van der Waals surface area contributed by atoms with Gasteiger partial charge in [-0.05, 0) is 27.3 Å². The predicted molar refractivity (Wildman–Crippen MR) is 83.0 cm³/mol. The van der Waals surface area contributed by atoms with Gasteiger partial charge in [0.15, 0.2) is 5.13 Å². The lowest BCUT2D eigenvalue weighted by Crippen LogP contribution is -2.43. The van der Waals surface area contributed by atoms with E-state index < -0.39 is 0 Å². The van der Waals surface area contributed by atoms with Crippen molar-refractivity contribution in [3.8, 4) is 0 Å². The third-order valence-electron chi connectivity index (χ3n) is 3.14. The minimum atomic E-state index is 0.347. The Labute approximate surface area is 118 Å². The van der Waals surface area contributed by atoms with Crippen LogP contribution >= 0.6 is 23.1 Å². The Balaban J connectivity index is 2.17. The lowest BCUT2D eigenvalue weighted by molar-refractivity contribution is 0.646. The van der Waals surface area contributed by atoms with Crippen molar-refractivity contribution in [3.05, 3.63) is 10.6 Å². The van der Waals surface area contributed by atoms with Crippen LogP contribution in [0.4, 0.5) is 5.13 Å². The molecule has 3 nitrogen and oxygen atoms in total. The molecule has 0 bridgehead atoms. The summed E-state index contributed by atoms with van der Waals surface area (Å²) in [5.74, 6) is 1.20. The third kappa shape index (κ3) is 3.19. The van der Waals surface area contributed by atoms with Crippen LogP contribution in [-0.4, -0.2) is 35.6 Å². The topological polar surface area (TPSA) is 28.2 Å². The number of anilines is 1. The van der Waals surface area contributed by atoms with Crippen LogP contribution in [0.1, 0.15) is 31.3 Å². The van der Waals surface area contributed by atoms with Gasteiger partial charge in [0, 0.05) is 35.0 Å². The monoisotopic (exact) mass is 285 g/mol. The van der Waals surface area contributed by atoms with E-state index in [0.717, 1.165) is 26.1 Å². The number of nitrogens with zero attached hydrogens (tertiary/aromatic N) is 2. The van der Waals surface area contributed by atoms with Crippen molar-refractivity contribution in [3.63, 3.8) is 0 Å². The first-order valence-electron chi connectivity index (χ1n) is 6.58. The molecule has 0 spiro atoms. The summed E-state index contributed by atoms with van der Waals surface area (Å²) < 4.78 is 0.347. The van der Waals surface area contributed by atoms with Crippen LogP contribution in [0.15, 0.2) is 0 Å². The second kappa shape index (κ2) is 5.80. The van der Waals surface area contributed by atoms with E-state index in [2.05, 4.69) is 42.7 Å². The van der Waals surface area contributed by atoms with Crippen LogP contribution in [0.3, 0.4) is 0 Å². The number of aromatic nitrogens is 1. The quantitative estimate of drug-likeness (QED) is 0.921. The van der Waals surface area contributed by atoms with Crippen molar-refractivity contribution in [2.75, 3.05) is 30.8 Å². The molecule has 1 fully saturated rings. The minimum absolute atomic E-state index is 0.347. The van der Waals surface area contributed by atoms with Crippen LogP contribution in [0, 0.1) is 0 Å². The van der Waals surface area contributed by atoms with Gasteiger partial charge < -0.3 is 10.2 Å². The van der Waals surface area contributed by atoms with Gasteiger partial charge in [-0.1, -0.05) is 6.92 Å². The lowest BCUT2D eigenvalue weighted by Gasteiger charge is -2.37. The fraction of sp³-hybridized carbons (Fsp3) is 0.769. The summed E-state index contributed by atoms with van der Waals surface area (Å²) in [6.07, 6.45) is 1.03. The Morgan fingerprint density at radius 1 is 1.44 bits per heavy atom. The van der Waals surface area contributed by atoms with Crippen molar-refractivity contribution in [2.24, 2.45) is 0 Å². The van der Waals surface area contributed by atoms with Crippen LogP contribution in [0.2, 0.25) is 0 Å². The molecule has 18 heavy (non-hydrogen) atoms. The van der Waals surface area contributed by atoms with Crippen LogP contribution in [-0.2, 0) is 13.0 Å². The molecule has 0 radical (unpaired) electrons. The number of hydrogen-bond donors (Lipinski definition) is 1. The van der Waals surface area contributed by atoms with E-state index in [1.54, 1.807) is 0 Å². The van der Waals surface area contributed by atoms with Gasteiger partial charge in [0.1, 0.15) is 0 Å². The SMILES string of the molecule is CCc1nc(N2CCSC(C)(C)C2)sc1CNC. The van der Waals surface area contributed by atoms with Crippen molar-refractivity contribution in [1.29, 1.82) is 0 Å². The fourth-order valence-corrected chi connectivity index (χ4v) is 4.56. The normalized spacial score (nSPS) is 19.2. The molecular weight excluding hydrogens is 262 g/mol. The summed E-state index contributed by atoms with van der Waals surface area (Å²) in [6, 6.07) is 0. The van der Waals surface area contributed by atoms with Gasteiger partial charge in [-0.3, -0.25) is 0 Å². The summed E-state index contributed by atoms with van der Waals surface area (Å²) in [4.78, 5) is 8.68. The zero-order valence-corrected chi connectivity index (χ0v) is 13.4. The molecule has 2 heterocycles. The second-order valence-electron chi connectivity index (χ2n) is 5.28. The molecular formula is C13H23N3S2. The maximum absolute atomic E-state index is 4.83. The standard InChI is InChI=1S/C13H23N3S2/c1-5-10-11(8-14-4)18-12(15-10)16-6-7-17-13(2,3)9-16/h14H,5-9H2,1-4H3. The molecule has 1 N–H and O–H groups in total. The van der Waals surface area contributed by atoms with E-state index in [1.165, 1.54) is 21.5 Å². The molecule has 1 aliphatic heterocycles. The first-order chi connectivity index (χ1) is 8.55. The summed E-state index contributed by atoms with van der Waals surface area (Å²) >= 11 is 3.93. The highest BCUT2D eigenvalue weighted by Crippen LogP contribution is 2.35. The summed E-state index contributed by atoms with van der Waals surface area (Å²) in [6.45, 7) is 10.0. The molecule has 1 aromatic heterocycles. The van der Waals surface area contributed by atoms with Crippen molar-refractivity contribution < 1.29 is 0 Å². The highest BCUT2D eigenvalue weighted by Gasteiger charge is 2.28. The number of rotatable bonds is 4. The zero-order valence-electron chi connectivity index (χ0n) is 11.7. The highest BCUT2D eigenvalue weighted by molar-refractivity contribution is 8.00. The predicted octanol–water partition coefficient (Wildman–Crippen LogP) is 2.76. The van der Waals surface area contributed by atoms with Crippen LogP contribution in [0.5, 0.6) is 0 Å². The van der Waals surface area contributed by atoms with Crippen molar-refractivity contribution in [1.82, 2.24) is 10.3 Å². The molecule has 0 unspecified atom stereocenters. The summed E-state index contributed by atoms with van der Waals surface area (Å²) in [5.41, 5.74) is 1.26. The Morgan fingerprint density at radius 3 is 2.83 bits per heavy atom. The van der Waals surface area contributed by atoms with E-state index in [0.29, 0.717) is 4.75 Å². The second-order valence-corrected chi connectivity index (χ2v) is 8.14. The molecule has 0 amide bonds. The van der Waals surface area contributed by atoms with Crippen molar-refractivity contribution in [2.45, 2.75) is 38.5 Å². The minimum Gasteiger partial charge on any atom is -0.346 e. The molecule has 0 atom stereocenters. The molecule has 102 valence electrons. The first kappa shape index (κ1) is 14.2. The summed E-state index contributed by atoms with van der Waals surface area (Å²) in [5, 5.41) is 4.45. The molecule has 0 aromatic carbocycles. The molecule has 1 saturated heterocycles. The van der Waals surface area contributed by atoms with E-state index in [9.17, 15) is 0 Å². The van der Waals surface area contributed by atoms with E-state index >= 15 is 0 Å². The Hall–Kier alpha value is -0.260. The lowest BCUT2D eigenvalue weighted by atomic mass is 10.2. The molecule has 1 aliphatic rings. The number of hydrogen-bond acceptors (Lipinski definition) is 5. The maximum Gasteiger partial charge on any atom is 0.185 e. The van der Waals surface area contributed by atoms with Gasteiger partial charge in [0.05, 0.1) is 5.69 Å². The maximum atomic E-state index is 4.83. The molecule has 5 heteroatoms. The van der Waals surface area contributed by atoms with Gasteiger partial charge in [-0.15, -0.1) is 11.3 Å². The largest absolute Gasteiger partial charge is 0.346 e. The Bertz CT molecular complexity index is 401. The highest BCUT2D eigenvalue weighted by atomic mass is 32.2. The van der Waals surface area contributed by atoms with Gasteiger partial charge in [0.2, 0.25) is 0 Å². The van der Waals surface area contributed by atoms with Gasteiger partial charge in [-0.2, -0.15) is 11.8 Å². The Kier molecular flexibility index (Phi) is 4.56. The number of thiazole rings is 1. The number of aryl methyl sites for hydroxylation is 1. The summed E-state index contributed by atoms with van der Waals surface area (Å²) in [7, 11) is 2.00. The average Bonchev–Trinajstić information content (AvgIpc) is 2.71. The average molecular weight is 285 g/mol. The Morgan fingerprint density at radius 2 is 2.22 bits per heavy atom. The van der Waals surface area contributed by atoms with E-state index in [-0.39, 0.29) is 0 Å². The fourth-order valence-electron chi connectivity index (χ4n) is 2.26. The molecule has 1 aromatic rings. The number of nitrogens with one attached hydrogen (secondary N) is 1. The number of thioether (sulfide) groups is 1. The zero-order chi connectivity index (χ0) is 13.2. The van der Waals surface area contributed by atoms with Crippen molar-refractivity contribution >= 4 is 28.2 Å². The smallest absolute Gasteiger partial charge is 0.185 e. The van der Waals surface area contributed by atoms with Gasteiger partial charge in [0.25, 0.3) is 0 Å². The van der Waals surface area contributed by atoms with Crippen LogP contribution in [0.25, 0.3) is 0 Å². The molecule has 0 saturated carbocycles.